The van der Waals surface area contributed by atoms with Crippen LogP contribution in [0.15, 0.2) is 23.2 Å². The molecule has 10 nitrogen and oxygen atoms in total. The molecular weight excluding hydrogens is 536 g/mol. The Morgan fingerprint density at radius 3 is 2.38 bits per heavy atom. The van der Waals surface area contributed by atoms with E-state index >= 15 is 0 Å². The van der Waals surface area contributed by atoms with Gasteiger partial charge in [-0.25, -0.2) is 13.2 Å². The van der Waals surface area contributed by atoms with E-state index in [2.05, 4.69) is 17.6 Å². The number of nitrogens with one attached hydrogen (secondary N) is 2. The fourth-order valence-electron chi connectivity index (χ4n) is 6.35. The van der Waals surface area contributed by atoms with Crippen molar-refractivity contribution in [2.75, 3.05) is 14.2 Å². The van der Waals surface area contributed by atoms with Crippen LogP contribution in [-0.4, -0.2) is 79.5 Å². The molecule has 1 amide bonds. The zero-order valence-corrected chi connectivity index (χ0v) is 25.8. The van der Waals surface area contributed by atoms with E-state index in [1.807, 2.05) is 6.08 Å². The zero-order valence-electron chi connectivity index (χ0n) is 24.9. The molecule has 2 aliphatic carbocycles. The molecule has 0 aromatic heterocycles. The van der Waals surface area contributed by atoms with E-state index in [0.717, 1.165) is 25.7 Å². The molecular formula is C29H50N2O8S. The van der Waals surface area contributed by atoms with Crippen LogP contribution in [0.4, 0.5) is 4.79 Å². The largest absolute Gasteiger partial charge is 0.501 e. The molecule has 5 atom stereocenters. The van der Waals surface area contributed by atoms with Crippen molar-refractivity contribution >= 4 is 15.9 Å². The van der Waals surface area contributed by atoms with Crippen molar-refractivity contribution in [3.63, 3.8) is 0 Å². The number of unbranched alkanes of at least 4 members (excludes halogenated alkanes) is 1. The second kappa shape index (κ2) is 13.9. The molecule has 1 aliphatic heterocycles. The summed E-state index contributed by atoms with van der Waals surface area (Å²) in [4.78, 5) is 12.2. The number of aliphatic hydroxyl groups excluding tert-OH is 2. The van der Waals surface area contributed by atoms with Crippen LogP contribution in [0.2, 0.25) is 0 Å². The summed E-state index contributed by atoms with van der Waals surface area (Å²) in [6.07, 6.45) is 4.93. The number of sulfone groups is 1. The third-order valence-corrected chi connectivity index (χ3v) is 10.9. The van der Waals surface area contributed by atoms with Crippen LogP contribution in [0.5, 0.6) is 0 Å². The number of aliphatic hydroxyl groups is 2. The van der Waals surface area contributed by atoms with Gasteiger partial charge in [-0.3, -0.25) is 5.32 Å². The number of hydrogen-bond acceptors (Lipinski definition) is 9. The number of methoxy groups -OCH3 is 2. The highest BCUT2D eigenvalue weighted by atomic mass is 32.2. The van der Waals surface area contributed by atoms with Crippen molar-refractivity contribution in [1.29, 1.82) is 0 Å². The summed E-state index contributed by atoms with van der Waals surface area (Å²) in [5.41, 5.74) is 0.0602. The van der Waals surface area contributed by atoms with Gasteiger partial charge in [0.05, 0.1) is 25.6 Å². The van der Waals surface area contributed by atoms with Crippen LogP contribution in [0, 0.1) is 5.92 Å². The minimum atomic E-state index is -3.97. The standard InChI is InChI=1S/C29H50N2O8S/c1-7-8-11-20-23(24-21(37-5)12-9-10-13-22(24)38-6)25(32)26(27(33)31-20)40(35,36)19-16-14-18(15-17-19)30-28(34)39-29(2,3)4/h12,18-20,23,25-27,31-33H,7-11,13-17H2,1-6H3,(H,30,34)/t18?,19?,20-,23?,25?,26?,27?/m1/s1. The molecule has 4 unspecified atom stereocenters. The fraction of sp³-hybridized carbons (Fsp3) is 0.828. The number of carbonyl (C=O) groups excluding carboxylic acids is 1. The van der Waals surface area contributed by atoms with Gasteiger partial charge in [0, 0.05) is 30.0 Å². The molecule has 1 heterocycles. The SMILES string of the molecule is CCCC[C@H]1NC(O)C(S(=O)(=O)C2CCC(NC(=O)OC(C)(C)C)CC2)C(O)C1C1=C(OC)CCCC=C1OC. The van der Waals surface area contributed by atoms with E-state index in [9.17, 15) is 23.4 Å². The number of alkyl carbamates (subject to hydrolysis) is 1. The van der Waals surface area contributed by atoms with Crippen LogP contribution in [-0.2, 0) is 24.0 Å². The van der Waals surface area contributed by atoms with Gasteiger partial charge in [-0.1, -0.05) is 19.8 Å². The molecule has 1 saturated carbocycles. The zero-order chi connectivity index (χ0) is 29.7. The van der Waals surface area contributed by atoms with Crippen LogP contribution in [0.25, 0.3) is 0 Å². The molecule has 0 radical (unpaired) electrons. The van der Waals surface area contributed by atoms with Gasteiger partial charge in [0.25, 0.3) is 0 Å². The molecule has 1 saturated heterocycles. The summed E-state index contributed by atoms with van der Waals surface area (Å²) in [5.74, 6) is 0.626. The predicted molar refractivity (Wildman–Crippen MR) is 153 cm³/mol. The Kier molecular flexibility index (Phi) is 11.4. The highest BCUT2D eigenvalue weighted by Gasteiger charge is 2.53. The highest BCUT2D eigenvalue weighted by molar-refractivity contribution is 7.92. The van der Waals surface area contributed by atoms with E-state index in [1.165, 1.54) is 0 Å². The predicted octanol–water partition coefficient (Wildman–Crippen LogP) is 3.68. The molecule has 4 N–H and O–H groups in total. The lowest BCUT2D eigenvalue weighted by Gasteiger charge is -2.46. The van der Waals surface area contributed by atoms with E-state index in [-0.39, 0.29) is 12.1 Å². The van der Waals surface area contributed by atoms with Crippen LogP contribution >= 0.6 is 0 Å². The van der Waals surface area contributed by atoms with Crippen molar-refractivity contribution in [2.24, 2.45) is 5.92 Å². The average Bonchev–Trinajstić information content (AvgIpc) is 3.08. The lowest BCUT2D eigenvalue weighted by atomic mass is 9.77. The number of allylic oxidation sites excluding steroid dienone is 3. The molecule has 0 aromatic carbocycles. The summed E-state index contributed by atoms with van der Waals surface area (Å²) in [6.45, 7) is 7.43. The van der Waals surface area contributed by atoms with Gasteiger partial charge in [-0.2, -0.15) is 0 Å². The maximum absolute atomic E-state index is 14.0. The first kappa shape index (κ1) is 32.7. The Bertz CT molecular complexity index is 1030. The number of rotatable bonds is 9. The molecule has 0 aromatic rings. The molecule has 3 aliphatic rings. The summed E-state index contributed by atoms with van der Waals surface area (Å²) < 4.78 is 44.9. The smallest absolute Gasteiger partial charge is 0.407 e. The third kappa shape index (κ3) is 7.72. The van der Waals surface area contributed by atoms with Gasteiger partial charge in [-0.05, 0) is 71.8 Å². The Hall–Kier alpha value is -1.82. The summed E-state index contributed by atoms with van der Waals surface area (Å²) in [7, 11) is -0.809. The third-order valence-electron chi connectivity index (χ3n) is 8.24. The number of hydrogen-bond donors (Lipinski definition) is 4. The Morgan fingerprint density at radius 1 is 1.12 bits per heavy atom. The number of carbonyl (C=O) groups is 1. The lowest BCUT2D eigenvalue weighted by molar-refractivity contribution is -0.0209. The summed E-state index contributed by atoms with van der Waals surface area (Å²) >= 11 is 0. The first-order chi connectivity index (χ1) is 18.8. The van der Waals surface area contributed by atoms with Gasteiger partial charge >= 0.3 is 6.09 Å². The molecule has 3 rings (SSSR count). The Balaban J connectivity index is 1.86. The van der Waals surface area contributed by atoms with Crippen molar-refractivity contribution < 1.29 is 37.6 Å². The molecule has 230 valence electrons. The van der Waals surface area contributed by atoms with Crippen molar-refractivity contribution in [3.8, 4) is 0 Å². The van der Waals surface area contributed by atoms with Gasteiger partial charge in [0.1, 0.15) is 28.6 Å². The topological polar surface area (TPSA) is 143 Å². The molecule has 11 heteroatoms. The van der Waals surface area contributed by atoms with E-state index in [4.69, 9.17) is 14.2 Å². The van der Waals surface area contributed by atoms with Crippen LogP contribution < -0.4 is 10.6 Å². The number of ether oxygens (including phenoxy) is 3. The van der Waals surface area contributed by atoms with Gasteiger partial charge in [0.2, 0.25) is 0 Å². The van der Waals surface area contributed by atoms with Gasteiger partial charge in [0.15, 0.2) is 9.84 Å². The molecule has 0 spiro atoms. The van der Waals surface area contributed by atoms with E-state index in [0.29, 0.717) is 55.6 Å². The van der Waals surface area contributed by atoms with E-state index in [1.54, 1.807) is 35.0 Å². The van der Waals surface area contributed by atoms with Crippen LogP contribution in [0.1, 0.15) is 91.9 Å². The lowest BCUT2D eigenvalue weighted by Crippen LogP contribution is -2.66. The maximum atomic E-state index is 14.0. The number of amides is 1. The van der Waals surface area contributed by atoms with Crippen LogP contribution in [0.3, 0.4) is 0 Å². The molecule has 2 fully saturated rings. The van der Waals surface area contributed by atoms with Gasteiger partial charge < -0.3 is 29.7 Å². The summed E-state index contributed by atoms with van der Waals surface area (Å²) in [5, 5.41) is 26.9. The highest BCUT2D eigenvalue weighted by Crippen LogP contribution is 2.41. The van der Waals surface area contributed by atoms with Crippen molar-refractivity contribution in [2.45, 2.75) is 132 Å². The van der Waals surface area contributed by atoms with Gasteiger partial charge in [-0.15, -0.1) is 0 Å². The summed E-state index contributed by atoms with van der Waals surface area (Å²) in [6, 6.07) is -0.552. The number of piperidine rings is 1. The Labute approximate surface area is 239 Å². The quantitative estimate of drug-likeness (QED) is 0.318. The molecule has 0 bridgehead atoms. The first-order valence-corrected chi connectivity index (χ1v) is 16.3. The Morgan fingerprint density at radius 2 is 1.80 bits per heavy atom. The van der Waals surface area contributed by atoms with E-state index < -0.39 is 50.3 Å². The minimum absolute atomic E-state index is 0.193. The average molecular weight is 587 g/mol. The van der Waals surface area contributed by atoms with Crippen molar-refractivity contribution in [1.82, 2.24) is 10.6 Å². The maximum Gasteiger partial charge on any atom is 0.407 e. The first-order valence-electron chi connectivity index (χ1n) is 14.7. The fourth-order valence-corrected chi connectivity index (χ4v) is 8.71. The second-order valence-electron chi connectivity index (χ2n) is 12.3. The monoisotopic (exact) mass is 586 g/mol. The molecule has 40 heavy (non-hydrogen) atoms. The second-order valence-corrected chi connectivity index (χ2v) is 14.6. The normalized spacial score (nSPS) is 32.1. The minimum Gasteiger partial charge on any atom is -0.501 e. The van der Waals surface area contributed by atoms with Crippen molar-refractivity contribution in [3.05, 3.63) is 23.2 Å².